The molecule has 3 aromatic rings. The third-order valence-electron chi connectivity index (χ3n) is 4.68. The van der Waals surface area contributed by atoms with E-state index in [4.69, 9.17) is 0 Å². The molecule has 0 aliphatic heterocycles. The molecule has 0 aliphatic rings. The zero-order chi connectivity index (χ0) is 21.5. The Hall–Kier alpha value is -2.39. The molecule has 0 fully saturated rings. The number of fused-ring (bicyclic) bond motifs is 1. The van der Waals surface area contributed by atoms with Gasteiger partial charge in [-0.25, -0.2) is 17.8 Å². The first-order chi connectivity index (χ1) is 13.5. The van der Waals surface area contributed by atoms with Gasteiger partial charge in [0.15, 0.2) is 15.0 Å². The van der Waals surface area contributed by atoms with Gasteiger partial charge in [0.2, 0.25) is 0 Å². The summed E-state index contributed by atoms with van der Waals surface area (Å²) < 4.78 is 39.3. The maximum atomic E-state index is 13.6. The molecule has 0 bridgehead atoms. The molecule has 2 aromatic carbocycles. The van der Waals surface area contributed by atoms with E-state index in [0.717, 1.165) is 23.4 Å². The molecular formula is C20H22FN3O3S2. The van der Waals surface area contributed by atoms with Crippen molar-refractivity contribution in [1.29, 1.82) is 0 Å². The zero-order valence-corrected chi connectivity index (χ0v) is 18.4. The van der Waals surface area contributed by atoms with Gasteiger partial charge in [-0.1, -0.05) is 17.8 Å². The van der Waals surface area contributed by atoms with E-state index >= 15 is 0 Å². The van der Waals surface area contributed by atoms with Gasteiger partial charge in [0.05, 0.1) is 27.5 Å². The van der Waals surface area contributed by atoms with E-state index in [1.807, 2.05) is 26.2 Å². The van der Waals surface area contributed by atoms with Crippen LogP contribution < -0.4 is 10.9 Å². The third-order valence-corrected chi connectivity index (χ3v) is 6.54. The summed E-state index contributed by atoms with van der Waals surface area (Å²) in [6.45, 7) is 3.74. The molecule has 0 saturated heterocycles. The van der Waals surface area contributed by atoms with Crippen LogP contribution in [0.1, 0.15) is 24.1 Å². The second kappa shape index (κ2) is 7.79. The second-order valence-electron chi connectivity index (χ2n) is 6.99. The van der Waals surface area contributed by atoms with Crippen molar-refractivity contribution in [3.8, 4) is 0 Å². The molecule has 0 amide bonds. The summed E-state index contributed by atoms with van der Waals surface area (Å²) in [4.78, 5) is 17.3. The highest BCUT2D eigenvalue weighted by Gasteiger charge is 2.20. The SMILES string of the molecule is CSc1nc2c([C@@H](C)Nc3ccc(F)cc3S(C)(=O)=O)cc(C)cc2c(=O)n1C. The molecule has 1 N–H and O–H groups in total. The van der Waals surface area contributed by atoms with E-state index in [1.54, 1.807) is 13.1 Å². The number of nitrogens with one attached hydrogen (secondary N) is 1. The van der Waals surface area contributed by atoms with Crippen molar-refractivity contribution in [2.45, 2.75) is 29.9 Å². The Morgan fingerprint density at radius 3 is 2.55 bits per heavy atom. The lowest BCUT2D eigenvalue weighted by Gasteiger charge is -2.20. The fraction of sp³-hybridized carbons (Fsp3) is 0.300. The fourth-order valence-electron chi connectivity index (χ4n) is 3.28. The van der Waals surface area contributed by atoms with Gasteiger partial charge in [-0.3, -0.25) is 9.36 Å². The van der Waals surface area contributed by atoms with Crippen molar-refractivity contribution in [3.05, 3.63) is 57.6 Å². The molecule has 0 spiro atoms. The van der Waals surface area contributed by atoms with Gasteiger partial charge in [-0.2, -0.15) is 0 Å². The van der Waals surface area contributed by atoms with Gasteiger partial charge in [-0.15, -0.1) is 0 Å². The van der Waals surface area contributed by atoms with Gasteiger partial charge >= 0.3 is 0 Å². The molecular weight excluding hydrogens is 413 g/mol. The Kier molecular flexibility index (Phi) is 5.73. The molecule has 154 valence electrons. The first-order valence-electron chi connectivity index (χ1n) is 8.84. The lowest BCUT2D eigenvalue weighted by atomic mass is 10.0. The normalized spacial score (nSPS) is 12.9. The van der Waals surface area contributed by atoms with E-state index in [2.05, 4.69) is 10.3 Å². The maximum Gasteiger partial charge on any atom is 0.261 e. The van der Waals surface area contributed by atoms with Gasteiger partial charge in [0, 0.05) is 18.9 Å². The summed E-state index contributed by atoms with van der Waals surface area (Å²) in [5.74, 6) is -0.626. The molecule has 0 saturated carbocycles. The van der Waals surface area contributed by atoms with Crippen LogP contribution in [0.4, 0.5) is 10.1 Å². The minimum atomic E-state index is -3.63. The monoisotopic (exact) mass is 435 g/mol. The third kappa shape index (κ3) is 4.16. The summed E-state index contributed by atoms with van der Waals surface area (Å²) in [7, 11) is -1.95. The lowest BCUT2D eigenvalue weighted by Crippen LogP contribution is -2.21. The topological polar surface area (TPSA) is 81.1 Å². The van der Waals surface area contributed by atoms with E-state index < -0.39 is 15.7 Å². The largest absolute Gasteiger partial charge is 0.377 e. The van der Waals surface area contributed by atoms with Crippen molar-refractivity contribution in [2.75, 3.05) is 17.8 Å². The van der Waals surface area contributed by atoms with Gasteiger partial charge in [0.25, 0.3) is 5.56 Å². The number of anilines is 1. The number of hydrogen-bond donors (Lipinski definition) is 1. The zero-order valence-electron chi connectivity index (χ0n) is 16.8. The van der Waals surface area contributed by atoms with Gasteiger partial charge in [-0.05, 0) is 49.9 Å². The van der Waals surface area contributed by atoms with Crippen molar-refractivity contribution >= 4 is 38.2 Å². The average molecular weight is 436 g/mol. The highest BCUT2D eigenvalue weighted by molar-refractivity contribution is 7.98. The minimum Gasteiger partial charge on any atom is -0.377 e. The molecule has 9 heteroatoms. The van der Waals surface area contributed by atoms with Gasteiger partial charge < -0.3 is 5.32 Å². The molecule has 0 aliphatic carbocycles. The number of rotatable bonds is 5. The Balaban J connectivity index is 2.17. The van der Waals surface area contributed by atoms with Crippen LogP contribution in [0.25, 0.3) is 10.9 Å². The van der Waals surface area contributed by atoms with Crippen LogP contribution in [-0.2, 0) is 16.9 Å². The number of aromatic nitrogens is 2. The minimum absolute atomic E-state index is 0.116. The molecule has 1 heterocycles. The summed E-state index contributed by atoms with van der Waals surface area (Å²) in [5, 5.41) is 4.23. The molecule has 1 aromatic heterocycles. The number of thioether (sulfide) groups is 1. The van der Waals surface area contributed by atoms with Crippen LogP contribution in [0.2, 0.25) is 0 Å². The first-order valence-corrected chi connectivity index (χ1v) is 12.0. The summed E-state index contributed by atoms with van der Waals surface area (Å²) >= 11 is 1.37. The van der Waals surface area contributed by atoms with Crippen molar-refractivity contribution in [3.63, 3.8) is 0 Å². The molecule has 0 unspecified atom stereocenters. The highest BCUT2D eigenvalue weighted by Crippen LogP contribution is 2.30. The quantitative estimate of drug-likeness (QED) is 0.486. The van der Waals surface area contributed by atoms with E-state index in [9.17, 15) is 17.6 Å². The number of hydrogen-bond acceptors (Lipinski definition) is 6. The first kappa shape index (κ1) is 21.3. The predicted molar refractivity (Wildman–Crippen MR) is 115 cm³/mol. The Morgan fingerprint density at radius 2 is 1.93 bits per heavy atom. The van der Waals surface area contributed by atoms with Crippen molar-refractivity contribution in [1.82, 2.24) is 9.55 Å². The number of sulfone groups is 1. The van der Waals surface area contributed by atoms with Crippen LogP contribution in [0.3, 0.4) is 0 Å². The Morgan fingerprint density at radius 1 is 1.24 bits per heavy atom. The standard InChI is InChI=1S/C20H22FN3O3S2/c1-11-8-14(18-15(9-11)19(25)24(3)20(23-18)28-4)12(2)22-16-7-6-13(21)10-17(16)29(5,26)27/h6-10,12,22H,1-5H3/t12-/m1/s1. The number of halogens is 1. The van der Waals surface area contributed by atoms with Crippen molar-refractivity contribution in [2.24, 2.45) is 7.05 Å². The van der Waals surface area contributed by atoms with E-state index in [1.165, 1.54) is 28.5 Å². The average Bonchev–Trinajstić information content (AvgIpc) is 2.65. The van der Waals surface area contributed by atoms with Crippen LogP contribution in [0.15, 0.2) is 45.2 Å². The van der Waals surface area contributed by atoms with Crippen LogP contribution >= 0.6 is 11.8 Å². The van der Waals surface area contributed by atoms with Gasteiger partial charge in [0.1, 0.15) is 5.82 Å². The molecule has 0 radical (unpaired) electrons. The highest BCUT2D eigenvalue weighted by atomic mass is 32.2. The number of nitrogens with zero attached hydrogens (tertiary/aromatic N) is 2. The fourth-order valence-corrected chi connectivity index (χ4v) is 4.67. The van der Waals surface area contributed by atoms with E-state index in [-0.39, 0.29) is 16.5 Å². The summed E-state index contributed by atoms with van der Waals surface area (Å²) in [6.07, 6.45) is 2.88. The molecule has 1 atom stereocenters. The second-order valence-corrected chi connectivity index (χ2v) is 9.75. The molecule has 29 heavy (non-hydrogen) atoms. The maximum absolute atomic E-state index is 13.6. The predicted octanol–water partition coefficient (Wildman–Crippen LogP) is 3.68. The summed E-state index contributed by atoms with van der Waals surface area (Å²) in [5.41, 5.74) is 2.36. The van der Waals surface area contributed by atoms with Crippen LogP contribution in [-0.4, -0.2) is 30.5 Å². The summed E-state index contributed by atoms with van der Waals surface area (Å²) in [6, 6.07) is 6.94. The lowest BCUT2D eigenvalue weighted by molar-refractivity contribution is 0.596. The van der Waals surface area contributed by atoms with Crippen molar-refractivity contribution < 1.29 is 12.8 Å². The molecule has 3 rings (SSSR count). The number of benzene rings is 2. The van der Waals surface area contributed by atoms with Crippen LogP contribution in [0.5, 0.6) is 0 Å². The van der Waals surface area contributed by atoms with Crippen LogP contribution in [0, 0.1) is 12.7 Å². The Labute approximate surface area is 173 Å². The smallest absolute Gasteiger partial charge is 0.261 e. The Bertz CT molecular complexity index is 1270. The van der Waals surface area contributed by atoms with E-state index in [0.29, 0.717) is 21.7 Å². The molecule has 6 nitrogen and oxygen atoms in total. The number of aryl methyl sites for hydroxylation is 1.